The van der Waals surface area contributed by atoms with Gasteiger partial charge in [-0.05, 0) is 86.3 Å². The molecule has 6 nitrogen and oxygen atoms in total. The fraction of sp³-hybridized carbons (Fsp3) is 0.243. The second-order valence-electron chi connectivity index (χ2n) is 11.5. The molecule has 0 spiro atoms. The first-order valence-electron chi connectivity index (χ1n) is 14.8. The Bertz CT molecular complexity index is 1730. The number of ether oxygens (including phenoxy) is 1. The summed E-state index contributed by atoms with van der Waals surface area (Å²) in [6.07, 6.45) is 1.70. The van der Waals surface area contributed by atoms with Gasteiger partial charge in [-0.25, -0.2) is 0 Å². The fourth-order valence-corrected chi connectivity index (χ4v) is 5.70. The summed E-state index contributed by atoms with van der Waals surface area (Å²) in [4.78, 5) is 14.7. The van der Waals surface area contributed by atoms with Gasteiger partial charge in [-0.1, -0.05) is 90.1 Å². The van der Waals surface area contributed by atoms with Crippen molar-refractivity contribution in [3.63, 3.8) is 0 Å². The van der Waals surface area contributed by atoms with E-state index in [0.717, 1.165) is 64.3 Å². The highest BCUT2D eigenvalue weighted by molar-refractivity contribution is 5.87. The Balaban J connectivity index is 1.22. The number of esters is 1. The average molecular weight is 572 g/mol. The molecule has 0 aliphatic heterocycles. The normalized spacial score (nSPS) is 13.6. The van der Waals surface area contributed by atoms with Gasteiger partial charge in [0, 0.05) is 17.8 Å². The van der Waals surface area contributed by atoms with Crippen molar-refractivity contribution >= 4 is 17.3 Å². The van der Waals surface area contributed by atoms with Crippen molar-refractivity contribution in [2.24, 2.45) is 0 Å². The quantitative estimate of drug-likeness (QED) is 0.170. The van der Waals surface area contributed by atoms with Gasteiger partial charge >= 0.3 is 5.97 Å². The van der Waals surface area contributed by atoms with Crippen molar-refractivity contribution < 1.29 is 14.1 Å². The van der Waals surface area contributed by atoms with E-state index in [1.54, 1.807) is 0 Å². The summed E-state index contributed by atoms with van der Waals surface area (Å²) in [6.45, 7) is 5.08. The Morgan fingerprint density at radius 3 is 2.23 bits per heavy atom. The highest BCUT2D eigenvalue weighted by Gasteiger charge is 2.52. The van der Waals surface area contributed by atoms with E-state index in [0.29, 0.717) is 12.4 Å². The number of benzene rings is 4. The molecule has 0 saturated heterocycles. The van der Waals surface area contributed by atoms with Crippen molar-refractivity contribution in [3.8, 4) is 33.6 Å². The fourth-order valence-electron chi connectivity index (χ4n) is 5.70. The smallest absolute Gasteiger partial charge is 0.316 e. The molecule has 1 heterocycles. The van der Waals surface area contributed by atoms with E-state index in [9.17, 15) is 4.79 Å². The molecule has 0 amide bonds. The number of aromatic nitrogens is 1. The molecule has 1 saturated carbocycles. The van der Waals surface area contributed by atoms with Gasteiger partial charge in [0.05, 0.1) is 12.0 Å². The van der Waals surface area contributed by atoms with E-state index in [-0.39, 0.29) is 5.97 Å². The number of nitrogens with zero attached hydrogens (tertiary/aromatic N) is 2. The molecular weight excluding hydrogens is 534 g/mol. The minimum Gasteiger partial charge on any atom is -0.465 e. The van der Waals surface area contributed by atoms with E-state index in [4.69, 9.17) is 9.26 Å². The average Bonchev–Trinajstić information content (AvgIpc) is 3.76. The third-order valence-corrected chi connectivity index (χ3v) is 8.14. The van der Waals surface area contributed by atoms with Gasteiger partial charge in [-0.2, -0.15) is 0 Å². The maximum absolute atomic E-state index is 12.5. The SMILES string of the molecule is CCOC(=O)C1(c2ccc(-c3ccc(-c4onc(C)c4Nc4cccc(-c5ccccc5CN(C)C)c4)cc3)cc2)CC1. The molecule has 4 aromatic carbocycles. The van der Waals surface area contributed by atoms with Crippen LogP contribution in [0.3, 0.4) is 0 Å². The standard InChI is InChI=1S/C37H37N3O3/c1-5-42-36(41)37(21-22-37)31-19-17-27(18-20-31)26-13-15-28(16-14-26)35-34(25(2)39-43-35)38-32-11-8-10-29(23-32)33-12-7-6-9-30(33)24-40(3)4/h6-20,23,38H,5,21-22,24H2,1-4H3. The highest BCUT2D eigenvalue weighted by atomic mass is 16.5. The Morgan fingerprint density at radius 1 is 0.884 bits per heavy atom. The van der Waals surface area contributed by atoms with Crippen LogP contribution in [0.2, 0.25) is 0 Å². The summed E-state index contributed by atoms with van der Waals surface area (Å²) in [7, 11) is 4.18. The maximum Gasteiger partial charge on any atom is 0.316 e. The molecule has 218 valence electrons. The predicted octanol–water partition coefficient (Wildman–Crippen LogP) is 8.38. The van der Waals surface area contributed by atoms with Gasteiger partial charge in [0.25, 0.3) is 0 Å². The van der Waals surface area contributed by atoms with Crippen molar-refractivity contribution in [2.45, 2.75) is 38.6 Å². The molecule has 43 heavy (non-hydrogen) atoms. The zero-order chi connectivity index (χ0) is 30.0. The minimum absolute atomic E-state index is 0.111. The van der Waals surface area contributed by atoms with Crippen LogP contribution in [0.4, 0.5) is 11.4 Å². The molecule has 1 aliphatic carbocycles. The van der Waals surface area contributed by atoms with Crippen LogP contribution in [0.5, 0.6) is 0 Å². The lowest BCUT2D eigenvalue weighted by atomic mass is 9.93. The second-order valence-corrected chi connectivity index (χ2v) is 11.5. The van der Waals surface area contributed by atoms with Gasteiger partial charge < -0.3 is 19.5 Å². The number of hydrogen-bond donors (Lipinski definition) is 1. The zero-order valence-electron chi connectivity index (χ0n) is 25.2. The molecule has 1 N–H and O–H groups in total. The van der Waals surface area contributed by atoms with E-state index in [1.807, 2.05) is 13.8 Å². The topological polar surface area (TPSA) is 67.6 Å². The number of rotatable bonds is 10. The van der Waals surface area contributed by atoms with E-state index >= 15 is 0 Å². The number of carbonyl (C=O) groups excluding carboxylic acids is 1. The molecule has 5 aromatic rings. The van der Waals surface area contributed by atoms with Crippen LogP contribution >= 0.6 is 0 Å². The third kappa shape index (κ3) is 5.84. The first-order valence-corrected chi connectivity index (χ1v) is 14.8. The van der Waals surface area contributed by atoms with Crippen LogP contribution < -0.4 is 5.32 Å². The number of hydrogen-bond acceptors (Lipinski definition) is 6. The summed E-state index contributed by atoms with van der Waals surface area (Å²) in [6, 6.07) is 33.6. The summed E-state index contributed by atoms with van der Waals surface area (Å²) in [5.41, 5.74) is 9.97. The minimum atomic E-state index is -0.457. The molecule has 1 aliphatic rings. The predicted molar refractivity (Wildman–Crippen MR) is 172 cm³/mol. The number of anilines is 2. The van der Waals surface area contributed by atoms with E-state index in [2.05, 4.69) is 127 Å². The van der Waals surface area contributed by atoms with Crippen molar-refractivity contribution in [2.75, 3.05) is 26.0 Å². The van der Waals surface area contributed by atoms with Crippen LogP contribution in [0.25, 0.3) is 33.6 Å². The summed E-state index contributed by atoms with van der Waals surface area (Å²) in [5, 5.41) is 7.86. The Hall–Kier alpha value is -4.68. The lowest BCUT2D eigenvalue weighted by molar-refractivity contribution is -0.146. The van der Waals surface area contributed by atoms with Gasteiger partial charge in [-0.3, -0.25) is 4.79 Å². The molecular formula is C37H37N3O3. The van der Waals surface area contributed by atoms with Crippen molar-refractivity contribution in [1.29, 1.82) is 0 Å². The van der Waals surface area contributed by atoms with Gasteiger partial charge in [0.15, 0.2) is 5.76 Å². The maximum atomic E-state index is 12.5. The third-order valence-electron chi connectivity index (χ3n) is 8.14. The molecule has 0 unspecified atom stereocenters. The summed E-state index contributed by atoms with van der Waals surface area (Å²) < 4.78 is 11.1. The second kappa shape index (κ2) is 11.9. The first-order chi connectivity index (χ1) is 20.9. The molecule has 0 bridgehead atoms. The Morgan fingerprint density at radius 2 is 1.56 bits per heavy atom. The number of carbonyl (C=O) groups is 1. The zero-order valence-corrected chi connectivity index (χ0v) is 25.2. The van der Waals surface area contributed by atoms with Crippen LogP contribution in [0, 0.1) is 6.92 Å². The van der Waals surface area contributed by atoms with Gasteiger partial charge in [0.1, 0.15) is 11.4 Å². The Kier molecular flexibility index (Phi) is 7.87. The van der Waals surface area contributed by atoms with Crippen LogP contribution in [0.15, 0.2) is 102 Å². The largest absolute Gasteiger partial charge is 0.465 e. The van der Waals surface area contributed by atoms with E-state index < -0.39 is 5.41 Å². The monoisotopic (exact) mass is 571 g/mol. The van der Waals surface area contributed by atoms with E-state index in [1.165, 1.54) is 11.1 Å². The molecule has 1 aromatic heterocycles. The van der Waals surface area contributed by atoms with Crippen LogP contribution in [-0.2, 0) is 21.5 Å². The van der Waals surface area contributed by atoms with Crippen LogP contribution in [0.1, 0.15) is 36.6 Å². The number of nitrogens with one attached hydrogen (secondary N) is 1. The lowest BCUT2D eigenvalue weighted by Crippen LogP contribution is -2.23. The van der Waals surface area contributed by atoms with Gasteiger partial charge in [0.2, 0.25) is 0 Å². The first kappa shape index (κ1) is 28.4. The van der Waals surface area contributed by atoms with Crippen molar-refractivity contribution in [1.82, 2.24) is 10.1 Å². The molecule has 1 fully saturated rings. The molecule has 6 rings (SSSR count). The molecule has 0 atom stereocenters. The highest BCUT2D eigenvalue weighted by Crippen LogP contribution is 2.49. The Labute approximate surface area is 253 Å². The lowest BCUT2D eigenvalue weighted by Gasteiger charge is -2.15. The van der Waals surface area contributed by atoms with Gasteiger partial charge in [-0.15, -0.1) is 0 Å². The number of aryl methyl sites for hydroxylation is 1. The summed E-state index contributed by atoms with van der Waals surface area (Å²) in [5.74, 6) is 0.586. The van der Waals surface area contributed by atoms with Crippen molar-refractivity contribution in [3.05, 3.63) is 114 Å². The molecule has 0 radical (unpaired) electrons. The van der Waals surface area contributed by atoms with Crippen LogP contribution in [-0.4, -0.2) is 36.7 Å². The summed E-state index contributed by atoms with van der Waals surface area (Å²) >= 11 is 0. The molecule has 6 heteroatoms.